The summed E-state index contributed by atoms with van der Waals surface area (Å²) in [6.45, 7) is 0. The summed E-state index contributed by atoms with van der Waals surface area (Å²) in [6.07, 6.45) is 0. The number of rotatable bonds is 6. The topological polar surface area (TPSA) is 12.0 Å². The summed E-state index contributed by atoms with van der Waals surface area (Å²) in [5.74, 6) is 0. The first-order valence-corrected chi connectivity index (χ1v) is 15.2. The molecule has 0 aromatic heterocycles. The van der Waals surface area contributed by atoms with Crippen molar-refractivity contribution in [3.8, 4) is 33.4 Å². The summed E-state index contributed by atoms with van der Waals surface area (Å²) in [6, 6.07) is 65.7. The van der Waals surface area contributed by atoms with Crippen LogP contribution < -0.4 is 5.32 Å². The van der Waals surface area contributed by atoms with E-state index in [1.165, 1.54) is 55.6 Å². The van der Waals surface area contributed by atoms with Gasteiger partial charge in [0.25, 0.3) is 0 Å². The van der Waals surface area contributed by atoms with Crippen molar-refractivity contribution >= 4 is 11.4 Å². The predicted octanol–water partition coefficient (Wildman–Crippen LogP) is 11.1. The van der Waals surface area contributed by atoms with Crippen molar-refractivity contribution in [2.45, 2.75) is 5.41 Å². The third-order valence-corrected chi connectivity index (χ3v) is 8.96. The van der Waals surface area contributed by atoms with Gasteiger partial charge < -0.3 is 5.32 Å². The normalized spacial score (nSPS) is 12.7. The Labute approximate surface area is 259 Å². The molecule has 0 saturated carbocycles. The van der Waals surface area contributed by atoms with Crippen molar-refractivity contribution in [3.05, 3.63) is 204 Å². The predicted molar refractivity (Wildman–Crippen MR) is 184 cm³/mol. The molecule has 0 saturated heterocycles. The van der Waals surface area contributed by atoms with Crippen LogP contribution in [-0.2, 0) is 5.41 Å². The monoisotopic (exact) mass is 561 g/mol. The van der Waals surface area contributed by atoms with Crippen LogP contribution in [0, 0.1) is 0 Å². The Kier molecular flexibility index (Phi) is 6.43. The van der Waals surface area contributed by atoms with Gasteiger partial charge in [0.2, 0.25) is 0 Å². The minimum Gasteiger partial charge on any atom is -0.356 e. The number of hydrogen-bond acceptors (Lipinski definition) is 1. The van der Waals surface area contributed by atoms with E-state index in [2.05, 4.69) is 181 Å². The molecule has 0 bridgehead atoms. The second kappa shape index (κ2) is 10.9. The first kappa shape index (κ1) is 26.0. The summed E-state index contributed by atoms with van der Waals surface area (Å²) >= 11 is 0. The Morgan fingerprint density at radius 2 is 0.750 bits per heavy atom. The molecule has 1 aliphatic carbocycles. The summed E-state index contributed by atoms with van der Waals surface area (Å²) in [5.41, 5.74) is 14.5. The Hall–Kier alpha value is -5.66. The highest BCUT2D eigenvalue weighted by atomic mass is 14.9. The molecule has 1 heteroatoms. The van der Waals surface area contributed by atoms with Gasteiger partial charge in [0.15, 0.2) is 0 Å². The number of fused-ring (bicyclic) bond motifs is 3. The molecule has 44 heavy (non-hydrogen) atoms. The first-order valence-electron chi connectivity index (χ1n) is 15.2. The van der Waals surface area contributed by atoms with Gasteiger partial charge in [-0.25, -0.2) is 0 Å². The molecular weight excluding hydrogens is 530 g/mol. The van der Waals surface area contributed by atoms with E-state index >= 15 is 0 Å². The molecule has 7 aromatic rings. The highest BCUT2D eigenvalue weighted by Gasteiger charge is 2.45. The minimum absolute atomic E-state index is 0.364. The van der Waals surface area contributed by atoms with Crippen molar-refractivity contribution in [2.75, 3.05) is 5.32 Å². The molecule has 0 atom stereocenters. The van der Waals surface area contributed by atoms with E-state index in [0.717, 1.165) is 11.4 Å². The molecule has 8 rings (SSSR count). The van der Waals surface area contributed by atoms with Crippen molar-refractivity contribution in [1.29, 1.82) is 0 Å². The van der Waals surface area contributed by atoms with Crippen LogP contribution in [0.25, 0.3) is 33.4 Å². The maximum Gasteiger partial charge on any atom is 0.0713 e. The lowest BCUT2D eigenvalue weighted by atomic mass is 9.67. The number of anilines is 2. The molecule has 0 spiro atoms. The van der Waals surface area contributed by atoms with Gasteiger partial charge in [-0.05, 0) is 86.0 Å². The van der Waals surface area contributed by atoms with Crippen LogP contribution in [0.4, 0.5) is 11.4 Å². The van der Waals surface area contributed by atoms with E-state index in [0.29, 0.717) is 0 Å². The highest BCUT2D eigenvalue weighted by molar-refractivity contribution is 5.89. The zero-order valence-electron chi connectivity index (χ0n) is 24.3. The first-order chi connectivity index (χ1) is 21.8. The van der Waals surface area contributed by atoms with E-state index < -0.39 is 0 Å². The van der Waals surface area contributed by atoms with Crippen LogP contribution in [0.1, 0.15) is 22.3 Å². The Morgan fingerprint density at radius 3 is 1.34 bits per heavy atom. The van der Waals surface area contributed by atoms with Crippen molar-refractivity contribution in [1.82, 2.24) is 0 Å². The molecule has 0 unspecified atom stereocenters. The second-order valence-electron chi connectivity index (χ2n) is 11.4. The maximum absolute atomic E-state index is 3.56. The highest BCUT2D eigenvalue weighted by Crippen LogP contribution is 2.56. The number of benzene rings is 7. The van der Waals surface area contributed by atoms with Crippen LogP contribution in [0.15, 0.2) is 182 Å². The fourth-order valence-corrected chi connectivity index (χ4v) is 6.92. The molecule has 0 aliphatic heterocycles. The molecule has 208 valence electrons. The molecule has 7 aromatic carbocycles. The average molecular weight is 562 g/mol. The zero-order chi connectivity index (χ0) is 29.3. The van der Waals surface area contributed by atoms with Gasteiger partial charge in [0.05, 0.1) is 5.41 Å². The van der Waals surface area contributed by atoms with Gasteiger partial charge >= 0.3 is 0 Å². The lowest BCUT2D eigenvalue weighted by Crippen LogP contribution is -2.28. The summed E-state index contributed by atoms with van der Waals surface area (Å²) in [5, 5.41) is 3.56. The molecular formula is C43H31N. The quantitative estimate of drug-likeness (QED) is 0.213. The van der Waals surface area contributed by atoms with Crippen LogP contribution in [0.5, 0.6) is 0 Å². The van der Waals surface area contributed by atoms with Gasteiger partial charge in [0, 0.05) is 11.4 Å². The minimum atomic E-state index is -0.364. The molecule has 0 amide bonds. The van der Waals surface area contributed by atoms with Crippen LogP contribution in [-0.4, -0.2) is 0 Å². The summed E-state index contributed by atoms with van der Waals surface area (Å²) in [4.78, 5) is 0. The Bertz CT molecular complexity index is 2000. The van der Waals surface area contributed by atoms with Crippen molar-refractivity contribution in [3.63, 3.8) is 0 Å². The van der Waals surface area contributed by atoms with Crippen molar-refractivity contribution in [2.24, 2.45) is 0 Å². The molecule has 1 nitrogen and oxygen atoms in total. The molecule has 0 fully saturated rings. The molecule has 1 aliphatic rings. The molecule has 0 heterocycles. The number of nitrogens with one attached hydrogen (secondary N) is 1. The third kappa shape index (κ3) is 4.33. The summed E-state index contributed by atoms with van der Waals surface area (Å²) in [7, 11) is 0. The third-order valence-electron chi connectivity index (χ3n) is 8.96. The van der Waals surface area contributed by atoms with Gasteiger partial charge in [0.1, 0.15) is 0 Å². The molecule has 1 N–H and O–H groups in total. The Balaban J connectivity index is 1.15. The lowest BCUT2D eigenvalue weighted by molar-refractivity contribution is 0.768. The largest absolute Gasteiger partial charge is 0.356 e. The fraction of sp³-hybridized carbons (Fsp3) is 0.0233. The summed E-state index contributed by atoms with van der Waals surface area (Å²) < 4.78 is 0. The Morgan fingerprint density at radius 1 is 0.318 bits per heavy atom. The van der Waals surface area contributed by atoms with Gasteiger partial charge in [-0.3, -0.25) is 0 Å². The number of hydrogen-bond donors (Lipinski definition) is 1. The smallest absolute Gasteiger partial charge is 0.0713 e. The van der Waals surface area contributed by atoms with Gasteiger partial charge in [-0.2, -0.15) is 0 Å². The SMILES string of the molecule is c1ccc(-c2ccc(Nc3ccc(-c4ccc5c(c4)-c4ccccc4C5(c4ccccc4)c4ccccc4)cc3)cc2)cc1. The fourth-order valence-electron chi connectivity index (χ4n) is 6.92. The standard InChI is InChI=1S/C43H31N/c1-4-12-31(13-5-1)32-20-25-37(26-21-32)44-38-27-22-33(23-28-38)34-24-29-42-40(30-34)39-18-10-11-19-41(39)43(42,35-14-6-2-7-15-35)36-16-8-3-9-17-36/h1-30,44H. The van der Waals surface area contributed by atoms with Gasteiger partial charge in [-0.15, -0.1) is 0 Å². The molecule has 0 radical (unpaired) electrons. The average Bonchev–Trinajstić information content (AvgIpc) is 3.41. The van der Waals surface area contributed by atoms with Crippen LogP contribution in [0.3, 0.4) is 0 Å². The maximum atomic E-state index is 3.56. The van der Waals surface area contributed by atoms with Crippen LogP contribution >= 0.6 is 0 Å². The van der Waals surface area contributed by atoms with E-state index in [4.69, 9.17) is 0 Å². The van der Waals surface area contributed by atoms with Gasteiger partial charge in [-0.1, -0.05) is 152 Å². The van der Waals surface area contributed by atoms with Crippen LogP contribution in [0.2, 0.25) is 0 Å². The second-order valence-corrected chi connectivity index (χ2v) is 11.4. The van der Waals surface area contributed by atoms with E-state index in [9.17, 15) is 0 Å². The van der Waals surface area contributed by atoms with E-state index in [1.54, 1.807) is 0 Å². The van der Waals surface area contributed by atoms with E-state index in [1.807, 2.05) is 6.07 Å². The van der Waals surface area contributed by atoms with E-state index in [-0.39, 0.29) is 5.41 Å². The lowest BCUT2D eigenvalue weighted by Gasteiger charge is -2.33. The zero-order valence-corrected chi connectivity index (χ0v) is 24.3. The van der Waals surface area contributed by atoms with Crippen molar-refractivity contribution < 1.29 is 0 Å².